The maximum absolute atomic E-state index is 11.7. The minimum Gasteiger partial charge on any atom is -0.394 e. The Morgan fingerprint density at radius 1 is 1.21 bits per heavy atom. The minimum atomic E-state index is -1.48. The Labute approximate surface area is 111 Å². The second kappa shape index (κ2) is 6.12. The molecular weight excluding hydrogens is 256 g/mol. The van der Waals surface area contributed by atoms with Gasteiger partial charge in [0.2, 0.25) is 0 Å². The van der Waals surface area contributed by atoms with Gasteiger partial charge in [-0.25, -0.2) is 0 Å². The normalized spacial score (nSPS) is 36.1. The van der Waals surface area contributed by atoms with Crippen molar-refractivity contribution >= 4 is 5.91 Å². The molecule has 5 N–H and O–H groups in total. The van der Waals surface area contributed by atoms with Crippen molar-refractivity contribution in [1.29, 1.82) is 0 Å². The zero-order chi connectivity index (χ0) is 14.8. The van der Waals surface area contributed by atoms with E-state index in [1.54, 1.807) is 0 Å². The molecule has 1 aliphatic heterocycles. The molecular formula is C11H23N2O6+. The molecule has 1 amide bonds. The van der Waals surface area contributed by atoms with Crippen molar-refractivity contribution in [1.82, 2.24) is 5.32 Å². The van der Waals surface area contributed by atoms with Gasteiger partial charge in [-0.3, -0.25) is 4.79 Å². The van der Waals surface area contributed by atoms with E-state index in [0.29, 0.717) is 4.48 Å². The van der Waals surface area contributed by atoms with E-state index in [9.17, 15) is 20.1 Å². The van der Waals surface area contributed by atoms with Crippen LogP contribution in [0.2, 0.25) is 0 Å². The molecule has 1 heterocycles. The average molecular weight is 279 g/mol. The summed E-state index contributed by atoms with van der Waals surface area (Å²) in [5.41, 5.74) is 0. The molecule has 0 aromatic rings. The van der Waals surface area contributed by atoms with E-state index in [1.165, 1.54) is 0 Å². The zero-order valence-corrected chi connectivity index (χ0v) is 11.4. The van der Waals surface area contributed by atoms with Crippen LogP contribution in [0.1, 0.15) is 0 Å². The maximum atomic E-state index is 11.7. The van der Waals surface area contributed by atoms with Crippen molar-refractivity contribution in [3.05, 3.63) is 0 Å². The van der Waals surface area contributed by atoms with Crippen molar-refractivity contribution in [2.45, 2.75) is 30.6 Å². The first kappa shape index (κ1) is 16.3. The number of likely N-dealkylation sites (N-methyl/N-ethyl adjacent to an activating group) is 1. The first-order chi connectivity index (χ1) is 8.65. The number of aliphatic hydroxyl groups is 4. The Hall–Kier alpha value is -0.770. The number of rotatable bonds is 4. The fourth-order valence-electron chi connectivity index (χ4n) is 1.92. The van der Waals surface area contributed by atoms with Crippen molar-refractivity contribution in [2.24, 2.45) is 0 Å². The van der Waals surface area contributed by atoms with Crippen molar-refractivity contribution in [3.8, 4) is 0 Å². The molecule has 0 bridgehead atoms. The number of nitrogens with one attached hydrogen (secondary N) is 1. The van der Waals surface area contributed by atoms with Crippen molar-refractivity contribution in [2.75, 3.05) is 34.3 Å². The number of hydrogen-bond acceptors (Lipinski definition) is 6. The molecule has 0 spiro atoms. The van der Waals surface area contributed by atoms with Gasteiger partial charge >= 0.3 is 0 Å². The van der Waals surface area contributed by atoms with E-state index >= 15 is 0 Å². The molecule has 8 nitrogen and oxygen atoms in total. The van der Waals surface area contributed by atoms with E-state index in [0.717, 1.165) is 0 Å². The summed E-state index contributed by atoms with van der Waals surface area (Å²) in [6, 6.07) is -1.13. The van der Waals surface area contributed by atoms with Crippen LogP contribution in [0.4, 0.5) is 0 Å². The zero-order valence-electron chi connectivity index (χ0n) is 11.4. The lowest BCUT2D eigenvalue weighted by atomic mass is 9.97. The standard InChI is InChI=1S/C11H22N2O6/c1-13(2,3)4-7(15)12-8-10(17)9(16)6(5-14)19-11(8)18/h6,8-11,14,16-18H,4-5H2,1-3H3/p+1/t6-,8-,9-,10-,11?/m1/s1. The maximum Gasteiger partial charge on any atom is 0.275 e. The van der Waals surface area contributed by atoms with Crippen molar-refractivity contribution < 1.29 is 34.4 Å². The molecule has 19 heavy (non-hydrogen) atoms. The van der Waals surface area contributed by atoms with Crippen LogP contribution in [0.15, 0.2) is 0 Å². The summed E-state index contributed by atoms with van der Waals surface area (Å²) >= 11 is 0. The lowest BCUT2D eigenvalue weighted by Crippen LogP contribution is -2.65. The molecule has 1 saturated heterocycles. The van der Waals surface area contributed by atoms with E-state index in [4.69, 9.17) is 9.84 Å². The summed E-state index contributed by atoms with van der Waals surface area (Å²) in [6.45, 7) is -0.385. The Morgan fingerprint density at radius 2 is 1.79 bits per heavy atom. The molecule has 0 aromatic heterocycles. The van der Waals surface area contributed by atoms with Gasteiger partial charge in [-0.15, -0.1) is 0 Å². The lowest BCUT2D eigenvalue weighted by molar-refractivity contribution is -0.862. The first-order valence-corrected chi connectivity index (χ1v) is 6.06. The third-order valence-corrected chi connectivity index (χ3v) is 2.85. The van der Waals surface area contributed by atoms with Gasteiger partial charge in [0.15, 0.2) is 12.8 Å². The summed E-state index contributed by atoms with van der Waals surface area (Å²) in [7, 11) is 5.46. The van der Waals surface area contributed by atoms with Crippen LogP contribution in [0.25, 0.3) is 0 Å². The van der Waals surface area contributed by atoms with Gasteiger partial charge in [0.05, 0.1) is 27.7 Å². The molecule has 5 atom stereocenters. The Balaban J connectivity index is 2.65. The highest BCUT2D eigenvalue weighted by Crippen LogP contribution is 2.19. The molecule has 112 valence electrons. The average Bonchev–Trinajstić information content (AvgIpc) is 2.27. The first-order valence-electron chi connectivity index (χ1n) is 6.06. The highest BCUT2D eigenvalue weighted by atomic mass is 16.6. The number of ether oxygens (including phenoxy) is 1. The summed E-state index contributed by atoms with van der Waals surface area (Å²) in [5.74, 6) is -0.381. The number of carbonyl (C=O) groups is 1. The van der Waals surface area contributed by atoms with Crippen LogP contribution in [-0.4, -0.2) is 95.8 Å². The lowest BCUT2D eigenvalue weighted by Gasteiger charge is -2.40. The number of amides is 1. The minimum absolute atomic E-state index is 0.148. The van der Waals surface area contributed by atoms with E-state index in [1.807, 2.05) is 21.1 Å². The second-order valence-electron chi connectivity index (χ2n) is 5.77. The third kappa shape index (κ3) is 4.37. The van der Waals surface area contributed by atoms with E-state index in [-0.39, 0.29) is 12.5 Å². The van der Waals surface area contributed by atoms with E-state index in [2.05, 4.69) is 5.32 Å². The predicted molar refractivity (Wildman–Crippen MR) is 64.8 cm³/mol. The molecule has 0 radical (unpaired) electrons. The molecule has 1 fully saturated rings. The number of carbonyl (C=O) groups excluding carboxylic acids is 1. The van der Waals surface area contributed by atoms with Crippen LogP contribution in [0, 0.1) is 0 Å². The smallest absolute Gasteiger partial charge is 0.275 e. The van der Waals surface area contributed by atoms with Crippen LogP contribution >= 0.6 is 0 Å². The molecule has 0 aliphatic carbocycles. The quantitative estimate of drug-likeness (QED) is 0.342. The molecule has 1 unspecified atom stereocenters. The molecule has 0 aromatic carbocycles. The van der Waals surface area contributed by atoms with Gasteiger partial charge in [-0.2, -0.15) is 0 Å². The van der Waals surface area contributed by atoms with Gasteiger partial charge in [0, 0.05) is 0 Å². The SMILES string of the molecule is C[N+](C)(C)CC(=O)N[C@H]1C(O)O[C@H](CO)[C@@H](O)[C@@H]1O. The summed E-state index contributed by atoms with van der Waals surface area (Å²) < 4.78 is 5.32. The van der Waals surface area contributed by atoms with Gasteiger partial charge in [0.1, 0.15) is 24.4 Å². The van der Waals surface area contributed by atoms with Crippen LogP contribution in [-0.2, 0) is 9.53 Å². The van der Waals surface area contributed by atoms with Crippen LogP contribution < -0.4 is 5.32 Å². The number of nitrogens with zero attached hydrogens (tertiary/aromatic N) is 1. The fraction of sp³-hybridized carbons (Fsp3) is 0.909. The van der Waals surface area contributed by atoms with Crippen LogP contribution in [0.5, 0.6) is 0 Å². The van der Waals surface area contributed by atoms with Gasteiger partial charge in [-0.05, 0) is 0 Å². The molecule has 8 heteroatoms. The molecule has 0 saturated carbocycles. The topological polar surface area (TPSA) is 119 Å². The Bertz CT molecular complexity index is 319. The molecule has 1 aliphatic rings. The van der Waals surface area contributed by atoms with E-state index < -0.39 is 37.3 Å². The van der Waals surface area contributed by atoms with Gasteiger partial charge in [-0.1, -0.05) is 0 Å². The monoisotopic (exact) mass is 279 g/mol. The number of hydrogen-bond donors (Lipinski definition) is 5. The summed E-state index contributed by atoms with van der Waals surface area (Å²) in [5, 5.41) is 40.5. The molecule has 1 rings (SSSR count). The Kier molecular flexibility index (Phi) is 5.25. The largest absolute Gasteiger partial charge is 0.394 e. The van der Waals surface area contributed by atoms with Crippen LogP contribution in [0.3, 0.4) is 0 Å². The number of aliphatic hydroxyl groups excluding tert-OH is 4. The number of quaternary nitrogens is 1. The van der Waals surface area contributed by atoms with Gasteiger partial charge in [0.25, 0.3) is 5.91 Å². The second-order valence-corrected chi connectivity index (χ2v) is 5.77. The highest BCUT2D eigenvalue weighted by molar-refractivity contribution is 5.77. The van der Waals surface area contributed by atoms with Gasteiger partial charge < -0.3 is 35.0 Å². The third-order valence-electron chi connectivity index (χ3n) is 2.85. The Morgan fingerprint density at radius 3 is 2.26 bits per heavy atom. The predicted octanol–water partition coefficient (Wildman–Crippen LogP) is -3.39. The highest BCUT2D eigenvalue weighted by Gasteiger charge is 2.44. The summed E-state index contributed by atoms with van der Waals surface area (Å²) in [4.78, 5) is 11.7. The fourth-order valence-corrected chi connectivity index (χ4v) is 1.92. The van der Waals surface area contributed by atoms with Crippen molar-refractivity contribution in [3.63, 3.8) is 0 Å². The summed E-state index contributed by atoms with van der Waals surface area (Å²) in [6.07, 6.45) is -5.33.